The van der Waals surface area contributed by atoms with Crippen molar-refractivity contribution in [1.82, 2.24) is 20.2 Å². The van der Waals surface area contributed by atoms with E-state index in [1.165, 1.54) is 4.90 Å². The maximum atomic E-state index is 14.0. The first-order chi connectivity index (χ1) is 18.9. The number of likely N-dealkylation sites (N-methyl/N-ethyl adjacent to an activating group) is 1. The number of aromatic hydroxyl groups is 1. The number of hydrogen-bond acceptors (Lipinski definition) is 8. The fourth-order valence-electron chi connectivity index (χ4n) is 6.13. The molecular formula is C26H32ClF3N6O2. The summed E-state index contributed by atoms with van der Waals surface area (Å²) in [6.45, 7) is 0.468. The van der Waals surface area contributed by atoms with Crippen LogP contribution < -0.4 is 19.9 Å². The summed E-state index contributed by atoms with van der Waals surface area (Å²) in [5.74, 6) is 0.299. The van der Waals surface area contributed by atoms with Gasteiger partial charge in [-0.25, -0.2) is 0 Å². The summed E-state index contributed by atoms with van der Waals surface area (Å²) >= 11 is 5.96. The van der Waals surface area contributed by atoms with Crippen LogP contribution in [0.15, 0.2) is 12.1 Å². The monoisotopic (exact) mass is 554 g/mol. The number of rotatable bonds is 5. The Morgan fingerprint density at radius 2 is 2.08 bits per heavy atom. The molecule has 8 nitrogen and oxygen atoms in total. The van der Waals surface area contributed by atoms with Crippen LogP contribution in [0.3, 0.4) is 0 Å². The smallest absolute Gasteiger partial charge is 0.419 e. The van der Waals surface area contributed by atoms with E-state index in [-0.39, 0.29) is 36.6 Å². The van der Waals surface area contributed by atoms with Crippen LogP contribution >= 0.6 is 11.6 Å². The molecule has 4 saturated heterocycles. The number of hydrogen-bond donors (Lipinski definition) is 2. The van der Waals surface area contributed by atoms with Crippen molar-refractivity contribution in [2.24, 2.45) is 0 Å². The minimum atomic E-state index is -4.73. The highest BCUT2D eigenvalue weighted by Gasteiger charge is 2.40. The average molecular weight is 555 g/mol. The summed E-state index contributed by atoms with van der Waals surface area (Å²) in [7, 11) is 1.85. The average Bonchev–Trinajstić information content (AvgIpc) is 3.34. The highest BCUT2D eigenvalue weighted by Crippen LogP contribution is 2.45. The standard InChI is InChI=1S/C26H32ClF3N6O2/c1-34-7-2-3-17(34)14-38-25-32-21-13-35(22-10-18(37)9-20(27)23(22)26(28,29)30)8-6-19(21)24(33-25)36-12-15-4-5-16(36)11-31-15/h9-10,15-17,31,37H,2-8,11-14H2,1H3/t15?,16?,17-/m0/s1/i14D2. The van der Waals surface area contributed by atoms with E-state index in [4.69, 9.17) is 24.1 Å². The van der Waals surface area contributed by atoms with Crippen LogP contribution in [0.5, 0.6) is 11.8 Å². The Labute approximate surface area is 227 Å². The van der Waals surface area contributed by atoms with Crippen molar-refractivity contribution in [3.8, 4) is 11.8 Å². The molecule has 7 rings (SSSR count). The van der Waals surface area contributed by atoms with Gasteiger partial charge in [0.15, 0.2) is 0 Å². The number of piperidine rings is 2. The molecule has 38 heavy (non-hydrogen) atoms. The maximum Gasteiger partial charge on any atom is 0.419 e. The highest BCUT2D eigenvalue weighted by molar-refractivity contribution is 6.32. The number of nitrogens with one attached hydrogen (secondary N) is 1. The molecule has 2 unspecified atom stereocenters. The van der Waals surface area contributed by atoms with Gasteiger partial charge in [-0.15, -0.1) is 0 Å². The minimum Gasteiger partial charge on any atom is -0.508 e. The van der Waals surface area contributed by atoms with Crippen molar-refractivity contribution in [3.05, 3.63) is 34.0 Å². The second kappa shape index (κ2) is 9.91. The molecule has 0 amide bonds. The summed E-state index contributed by atoms with van der Waals surface area (Å²) in [4.78, 5) is 14.9. The third-order valence-electron chi connectivity index (χ3n) is 8.13. The van der Waals surface area contributed by atoms with Gasteiger partial charge in [0.05, 0.1) is 31.3 Å². The molecule has 206 valence electrons. The van der Waals surface area contributed by atoms with Gasteiger partial charge in [-0.05, 0) is 51.8 Å². The van der Waals surface area contributed by atoms with E-state index in [1.807, 2.05) is 11.9 Å². The molecule has 0 spiro atoms. The predicted octanol–water partition coefficient (Wildman–Crippen LogP) is 3.83. The molecule has 0 aliphatic carbocycles. The van der Waals surface area contributed by atoms with Crippen LogP contribution in [-0.4, -0.2) is 77.9 Å². The summed E-state index contributed by atoms with van der Waals surface area (Å²) in [5.41, 5.74) is 0.0643. The number of alkyl halides is 3. The summed E-state index contributed by atoms with van der Waals surface area (Å²) in [6.07, 6.45) is -0.823. The summed E-state index contributed by atoms with van der Waals surface area (Å²) in [6, 6.07) is 1.88. The van der Waals surface area contributed by atoms with Crippen molar-refractivity contribution >= 4 is 23.1 Å². The molecule has 12 heteroatoms. The van der Waals surface area contributed by atoms with Crippen LogP contribution in [0.4, 0.5) is 24.7 Å². The zero-order valence-corrected chi connectivity index (χ0v) is 21.8. The van der Waals surface area contributed by atoms with E-state index < -0.39 is 29.4 Å². The molecule has 1 aromatic heterocycles. The number of piperazine rings is 1. The lowest BCUT2D eigenvalue weighted by Gasteiger charge is -2.47. The molecular weight excluding hydrogens is 521 g/mol. The Morgan fingerprint density at radius 1 is 1.24 bits per heavy atom. The first kappa shape index (κ1) is 23.4. The van der Waals surface area contributed by atoms with Gasteiger partial charge in [-0.3, -0.25) is 0 Å². The first-order valence-electron chi connectivity index (χ1n) is 14.0. The van der Waals surface area contributed by atoms with Crippen LogP contribution in [0.25, 0.3) is 0 Å². The molecule has 0 radical (unpaired) electrons. The van der Waals surface area contributed by atoms with Gasteiger partial charge < -0.3 is 29.9 Å². The molecule has 2 aromatic rings. The number of aromatic nitrogens is 2. The highest BCUT2D eigenvalue weighted by atomic mass is 35.5. The number of phenols is 1. The Hall–Kier alpha value is -2.50. The number of halogens is 4. The Balaban J connectivity index is 1.40. The van der Waals surface area contributed by atoms with Crippen molar-refractivity contribution < 1.29 is 25.8 Å². The Morgan fingerprint density at radius 3 is 2.74 bits per heavy atom. The zero-order chi connectivity index (χ0) is 28.4. The van der Waals surface area contributed by atoms with E-state index in [2.05, 4.69) is 15.2 Å². The third kappa shape index (κ3) is 4.84. The van der Waals surface area contributed by atoms with Crippen LogP contribution in [-0.2, 0) is 19.1 Å². The lowest BCUT2D eigenvalue weighted by molar-refractivity contribution is -0.137. The number of benzene rings is 1. The number of anilines is 2. The summed E-state index contributed by atoms with van der Waals surface area (Å²) in [5, 5.41) is 13.0. The Bertz CT molecular complexity index is 1290. The number of ether oxygens (including phenoxy) is 1. The van der Waals surface area contributed by atoms with Gasteiger partial charge >= 0.3 is 12.2 Å². The minimum absolute atomic E-state index is 0.00338. The van der Waals surface area contributed by atoms with Gasteiger partial charge in [0.2, 0.25) is 0 Å². The van der Waals surface area contributed by atoms with E-state index in [1.54, 1.807) is 0 Å². The maximum absolute atomic E-state index is 14.0. The molecule has 4 fully saturated rings. The normalized spacial score (nSPS) is 26.8. The second-order valence-corrected chi connectivity index (χ2v) is 11.0. The van der Waals surface area contributed by atoms with Gasteiger partial charge in [-0.1, -0.05) is 11.6 Å². The molecule has 3 atom stereocenters. The molecule has 0 saturated carbocycles. The third-order valence-corrected chi connectivity index (χ3v) is 8.43. The topological polar surface area (TPSA) is 77.0 Å². The van der Waals surface area contributed by atoms with Crippen LogP contribution in [0.1, 0.15) is 45.2 Å². The fraction of sp³-hybridized carbons (Fsp3) is 0.615. The fourth-order valence-corrected chi connectivity index (χ4v) is 6.45. The van der Waals surface area contributed by atoms with Crippen molar-refractivity contribution in [3.63, 3.8) is 0 Å². The number of nitrogens with zero attached hydrogens (tertiary/aromatic N) is 5. The molecule has 2 bridgehead atoms. The van der Waals surface area contributed by atoms with Gasteiger partial charge in [-0.2, -0.15) is 23.1 Å². The molecule has 2 N–H and O–H groups in total. The number of fused-ring (bicyclic) bond motifs is 4. The van der Waals surface area contributed by atoms with Crippen LogP contribution in [0, 0.1) is 0 Å². The molecule has 6 heterocycles. The molecule has 1 aromatic carbocycles. The van der Waals surface area contributed by atoms with Crippen molar-refractivity contribution in [2.45, 2.75) is 63.0 Å². The van der Waals surface area contributed by atoms with Crippen LogP contribution in [0.2, 0.25) is 5.02 Å². The van der Waals surface area contributed by atoms with E-state index in [0.29, 0.717) is 30.4 Å². The van der Waals surface area contributed by atoms with Gasteiger partial charge in [0.1, 0.15) is 18.1 Å². The molecule has 5 aliphatic rings. The lowest BCUT2D eigenvalue weighted by atomic mass is 9.92. The van der Waals surface area contributed by atoms with E-state index in [9.17, 15) is 18.3 Å². The number of likely N-dealkylation sites (tertiary alicyclic amines) is 1. The van der Waals surface area contributed by atoms with Crippen molar-refractivity contribution in [2.75, 3.05) is 49.6 Å². The van der Waals surface area contributed by atoms with Gasteiger partial charge in [0.25, 0.3) is 0 Å². The SMILES string of the molecule is [2H]C([2H])(Oc1nc2c(c(N3CC4CCC3CN4)n1)CCN(c1cc(O)cc(Cl)c1C(F)(F)F)C2)[C@@H]1CCCN1C. The van der Waals surface area contributed by atoms with E-state index >= 15 is 0 Å². The number of phenolic OH excluding ortho intramolecular Hbond substituents is 1. The van der Waals surface area contributed by atoms with Crippen molar-refractivity contribution in [1.29, 1.82) is 0 Å². The first-order valence-corrected chi connectivity index (χ1v) is 13.4. The van der Waals surface area contributed by atoms with Gasteiger partial charge in [0, 0.05) is 49.4 Å². The van der Waals surface area contributed by atoms with E-state index in [0.717, 1.165) is 56.6 Å². The quantitative estimate of drug-likeness (QED) is 0.578. The Kier molecular flexibility index (Phi) is 6.10. The second-order valence-electron chi connectivity index (χ2n) is 10.6. The zero-order valence-electron chi connectivity index (χ0n) is 23.1. The lowest BCUT2D eigenvalue weighted by Crippen LogP contribution is -2.61. The summed E-state index contributed by atoms with van der Waals surface area (Å²) < 4.78 is 65.2. The largest absolute Gasteiger partial charge is 0.508 e. The molecule has 5 aliphatic heterocycles. The predicted molar refractivity (Wildman–Crippen MR) is 138 cm³/mol.